The summed E-state index contributed by atoms with van der Waals surface area (Å²) in [6.45, 7) is 4.89. The summed E-state index contributed by atoms with van der Waals surface area (Å²) in [7, 11) is 0. The molecule has 0 radical (unpaired) electrons. The number of halogens is 5. The predicted molar refractivity (Wildman–Crippen MR) is 118 cm³/mol. The summed E-state index contributed by atoms with van der Waals surface area (Å²) in [5, 5.41) is 0. The third-order valence-electron chi connectivity index (χ3n) is 5.71. The van der Waals surface area contributed by atoms with E-state index in [2.05, 4.69) is 29.2 Å². The molecule has 0 aliphatic carbocycles. The molecule has 4 rings (SSSR count). The molecule has 0 spiro atoms. The molecule has 2 aliphatic rings. The van der Waals surface area contributed by atoms with E-state index in [4.69, 9.17) is 4.74 Å². The number of hydrogen-bond donors (Lipinski definition) is 0. The van der Waals surface area contributed by atoms with Crippen molar-refractivity contribution in [3.05, 3.63) is 65.2 Å². The predicted octanol–water partition coefficient (Wildman–Crippen LogP) is 5.38. The van der Waals surface area contributed by atoms with Crippen LogP contribution in [-0.2, 0) is 17.3 Å². The second-order valence-corrected chi connectivity index (χ2v) is 7.47. The Balaban J connectivity index is 0.00000160. The Bertz CT molecular complexity index is 811. The monoisotopic (exact) mass is 462 g/mol. The lowest BCUT2D eigenvalue weighted by Crippen LogP contribution is -2.47. The summed E-state index contributed by atoms with van der Waals surface area (Å²) in [6, 6.07) is 14.1. The van der Waals surface area contributed by atoms with Crippen LogP contribution in [0.3, 0.4) is 0 Å². The van der Waals surface area contributed by atoms with Gasteiger partial charge in [0, 0.05) is 38.4 Å². The van der Waals surface area contributed by atoms with E-state index in [0.717, 1.165) is 58.2 Å². The van der Waals surface area contributed by atoms with Gasteiger partial charge in [-0.25, -0.2) is 0 Å². The molecule has 3 nitrogen and oxygen atoms in total. The molecule has 8 heteroatoms. The first-order valence-corrected chi connectivity index (χ1v) is 9.85. The van der Waals surface area contributed by atoms with Gasteiger partial charge < -0.3 is 9.64 Å². The van der Waals surface area contributed by atoms with Crippen LogP contribution in [0, 0.1) is 0 Å². The summed E-state index contributed by atoms with van der Waals surface area (Å²) in [5.74, 6) is 0. The molecule has 1 unspecified atom stereocenters. The van der Waals surface area contributed by atoms with Gasteiger partial charge in [0.15, 0.2) is 0 Å². The third-order valence-corrected chi connectivity index (χ3v) is 5.71. The van der Waals surface area contributed by atoms with Crippen LogP contribution in [0.2, 0.25) is 0 Å². The highest BCUT2D eigenvalue weighted by molar-refractivity contribution is 5.85. The number of anilines is 1. The molecule has 0 aromatic heterocycles. The maximum absolute atomic E-state index is 12.9. The number of nitrogens with zero attached hydrogens (tertiary/aromatic N) is 2. The third kappa shape index (κ3) is 5.82. The van der Waals surface area contributed by atoms with E-state index in [1.54, 1.807) is 6.07 Å². The fraction of sp³-hybridized carbons (Fsp3) is 0.455. The Kier molecular flexibility index (Phi) is 8.85. The van der Waals surface area contributed by atoms with Crippen molar-refractivity contribution in [2.45, 2.75) is 25.1 Å². The zero-order valence-corrected chi connectivity index (χ0v) is 18.2. The molecule has 2 heterocycles. The molecule has 2 aromatic rings. The summed E-state index contributed by atoms with van der Waals surface area (Å²) in [6.07, 6.45) is -2.23. The van der Waals surface area contributed by atoms with Crippen molar-refractivity contribution in [1.29, 1.82) is 0 Å². The highest BCUT2D eigenvalue weighted by Crippen LogP contribution is 2.32. The van der Waals surface area contributed by atoms with E-state index < -0.39 is 11.7 Å². The Hall–Kier alpha value is -1.47. The highest BCUT2D eigenvalue weighted by atomic mass is 35.5. The molecule has 1 fully saturated rings. The van der Waals surface area contributed by atoms with Crippen molar-refractivity contribution in [1.82, 2.24) is 4.90 Å². The van der Waals surface area contributed by atoms with E-state index in [1.807, 2.05) is 4.90 Å². The Morgan fingerprint density at radius 3 is 2.40 bits per heavy atom. The number of rotatable bonds is 4. The minimum absolute atomic E-state index is 0. The SMILES string of the molecule is Cl.Cl.FC(F)(F)c1cccc(N2CCN(CCC3OCCc4ccccc43)CC2)c1. The molecule has 1 atom stereocenters. The smallest absolute Gasteiger partial charge is 0.373 e. The summed E-state index contributed by atoms with van der Waals surface area (Å²) >= 11 is 0. The molecule has 2 aromatic carbocycles. The first kappa shape index (κ1) is 24.8. The van der Waals surface area contributed by atoms with E-state index in [9.17, 15) is 13.2 Å². The summed E-state index contributed by atoms with van der Waals surface area (Å²) in [4.78, 5) is 4.42. The molecule has 30 heavy (non-hydrogen) atoms. The maximum atomic E-state index is 12.9. The molecule has 0 bridgehead atoms. The first-order valence-electron chi connectivity index (χ1n) is 9.85. The van der Waals surface area contributed by atoms with Crippen molar-refractivity contribution in [3.63, 3.8) is 0 Å². The van der Waals surface area contributed by atoms with Gasteiger partial charge in [-0.3, -0.25) is 4.90 Å². The quantitative estimate of drug-likeness (QED) is 0.606. The van der Waals surface area contributed by atoms with Gasteiger partial charge in [-0.2, -0.15) is 13.2 Å². The molecule has 0 amide bonds. The van der Waals surface area contributed by atoms with E-state index in [-0.39, 0.29) is 30.9 Å². The van der Waals surface area contributed by atoms with Gasteiger partial charge in [0.05, 0.1) is 18.3 Å². The number of piperazine rings is 1. The normalized spacial score (nSPS) is 19.4. The van der Waals surface area contributed by atoms with Crippen molar-refractivity contribution >= 4 is 30.5 Å². The average Bonchev–Trinajstić information content (AvgIpc) is 2.72. The summed E-state index contributed by atoms with van der Waals surface area (Å²) in [5.41, 5.74) is 2.75. The van der Waals surface area contributed by atoms with E-state index in [1.165, 1.54) is 23.3 Å². The minimum Gasteiger partial charge on any atom is -0.373 e. The van der Waals surface area contributed by atoms with Crippen molar-refractivity contribution in [2.24, 2.45) is 0 Å². The number of fused-ring (bicyclic) bond motifs is 1. The Labute approximate surface area is 188 Å². The maximum Gasteiger partial charge on any atom is 0.416 e. The molecule has 166 valence electrons. The average molecular weight is 463 g/mol. The molecular weight excluding hydrogens is 436 g/mol. The van der Waals surface area contributed by atoms with Crippen LogP contribution >= 0.6 is 24.8 Å². The lowest BCUT2D eigenvalue weighted by atomic mass is 9.95. The highest BCUT2D eigenvalue weighted by Gasteiger charge is 2.31. The molecule has 0 N–H and O–H groups in total. The number of alkyl halides is 3. The number of ether oxygens (including phenoxy) is 1. The van der Waals surface area contributed by atoms with Crippen LogP contribution in [0.25, 0.3) is 0 Å². The lowest BCUT2D eigenvalue weighted by Gasteiger charge is -2.37. The van der Waals surface area contributed by atoms with Crippen molar-refractivity contribution in [3.8, 4) is 0 Å². The van der Waals surface area contributed by atoms with Gasteiger partial charge in [-0.15, -0.1) is 24.8 Å². The van der Waals surface area contributed by atoms with Gasteiger partial charge in [0.1, 0.15) is 0 Å². The zero-order chi connectivity index (χ0) is 19.6. The van der Waals surface area contributed by atoms with Gasteiger partial charge in [0.2, 0.25) is 0 Å². The first-order chi connectivity index (χ1) is 13.5. The van der Waals surface area contributed by atoms with Gasteiger partial charge in [0.25, 0.3) is 0 Å². The molecule has 1 saturated heterocycles. The van der Waals surface area contributed by atoms with Gasteiger partial charge >= 0.3 is 6.18 Å². The second-order valence-electron chi connectivity index (χ2n) is 7.47. The second kappa shape index (κ2) is 10.7. The van der Waals surface area contributed by atoms with Gasteiger partial charge in [-0.05, 0) is 42.2 Å². The van der Waals surface area contributed by atoms with Crippen molar-refractivity contribution in [2.75, 3.05) is 44.2 Å². The van der Waals surface area contributed by atoms with E-state index >= 15 is 0 Å². The van der Waals surface area contributed by atoms with Crippen LogP contribution in [0.4, 0.5) is 18.9 Å². The standard InChI is InChI=1S/C22H25F3N2O.2ClH/c23-22(24,25)18-5-3-6-19(16-18)27-13-11-26(12-14-27)10-8-21-20-7-2-1-4-17(20)9-15-28-21;;/h1-7,16,21H,8-15H2;2*1H. The molecular formula is C22H27Cl2F3N2O. The summed E-state index contributed by atoms with van der Waals surface area (Å²) < 4.78 is 44.8. The van der Waals surface area contributed by atoms with Crippen LogP contribution in [0.1, 0.15) is 29.2 Å². The fourth-order valence-corrected chi connectivity index (χ4v) is 4.12. The van der Waals surface area contributed by atoms with Crippen LogP contribution in [-0.4, -0.2) is 44.2 Å². The topological polar surface area (TPSA) is 15.7 Å². The lowest BCUT2D eigenvalue weighted by molar-refractivity contribution is -0.137. The Morgan fingerprint density at radius 1 is 0.933 bits per heavy atom. The number of hydrogen-bond acceptors (Lipinski definition) is 3. The fourth-order valence-electron chi connectivity index (χ4n) is 4.12. The number of benzene rings is 2. The van der Waals surface area contributed by atoms with E-state index in [0.29, 0.717) is 5.69 Å². The largest absolute Gasteiger partial charge is 0.416 e. The molecule has 0 saturated carbocycles. The van der Waals surface area contributed by atoms with Crippen LogP contribution < -0.4 is 4.90 Å². The minimum atomic E-state index is -4.30. The van der Waals surface area contributed by atoms with Crippen molar-refractivity contribution < 1.29 is 17.9 Å². The van der Waals surface area contributed by atoms with Crippen LogP contribution in [0.5, 0.6) is 0 Å². The zero-order valence-electron chi connectivity index (χ0n) is 16.6. The van der Waals surface area contributed by atoms with Gasteiger partial charge in [-0.1, -0.05) is 30.3 Å². The van der Waals surface area contributed by atoms with Crippen LogP contribution in [0.15, 0.2) is 48.5 Å². The Morgan fingerprint density at radius 2 is 1.67 bits per heavy atom. The molecule has 2 aliphatic heterocycles.